The molecule has 0 bridgehead atoms. The van der Waals surface area contributed by atoms with Crippen LogP contribution in [0.5, 0.6) is 0 Å². The highest BCUT2D eigenvalue weighted by molar-refractivity contribution is 7.85. The van der Waals surface area contributed by atoms with Crippen LogP contribution in [-0.2, 0) is 23.2 Å². The molecule has 0 spiro atoms. The number of aryl methyl sites for hydroxylation is 1. The summed E-state index contributed by atoms with van der Waals surface area (Å²) < 4.78 is 35.7. The van der Waals surface area contributed by atoms with Crippen molar-refractivity contribution in [1.29, 1.82) is 0 Å². The van der Waals surface area contributed by atoms with E-state index in [9.17, 15) is 13.0 Å². The van der Waals surface area contributed by atoms with E-state index in [1.54, 1.807) is 6.08 Å². The second-order valence-corrected chi connectivity index (χ2v) is 8.02. The van der Waals surface area contributed by atoms with Crippen molar-refractivity contribution in [1.82, 2.24) is 4.57 Å². The highest BCUT2D eigenvalue weighted by Crippen LogP contribution is 2.10. The molecule has 2 aromatic carbocycles. The van der Waals surface area contributed by atoms with Crippen LogP contribution in [0.25, 0.3) is 12.2 Å². The Morgan fingerprint density at radius 2 is 1.57 bits per heavy atom. The van der Waals surface area contributed by atoms with Crippen molar-refractivity contribution in [2.24, 2.45) is 5.73 Å². The van der Waals surface area contributed by atoms with E-state index in [0.717, 1.165) is 37.2 Å². The summed E-state index contributed by atoms with van der Waals surface area (Å²) in [7, 11) is -4.31. The summed E-state index contributed by atoms with van der Waals surface area (Å²) in [6, 6.07) is 14.0. The van der Waals surface area contributed by atoms with Crippen LogP contribution in [0.15, 0.2) is 85.3 Å². The summed E-state index contributed by atoms with van der Waals surface area (Å²) >= 11 is 0. The topological polar surface area (TPSA) is 92.0 Å². The Bertz CT molecular complexity index is 1050. The molecule has 0 saturated heterocycles. The summed E-state index contributed by atoms with van der Waals surface area (Å²) in [6.45, 7) is 9.87. The van der Waals surface area contributed by atoms with E-state index in [0.29, 0.717) is 0 Å². The molecule has 7 heteroatoms. The lowest BCUT2D eigenvalue weighted by molar-refractivity contribution is -0.687. The van der Waals surface area contributed by atoms with E-state index in [2.05, 4.69) is 65.3 Å². The van der Waals surface area contributed by atoms with Crippen molar-refractivity contribution < 1.29 is 17.5 Å². The molecule has 0 fully saturated rings. The average molecular weight is 426 g/mol. The maximum atomic E-state index is 10.5. The first-order chi connectivity index (χ1) is 14.4. The van der Waals surface area contributed by atoms with Gasteiger partial charge in [0.25, 0.3) is 0 Å². The highest BCUT2D eigenvalue weighted by atomic mass is 32.2. The molecule has 1 aromatic heterocycles. The molecule has 6 nitrogen and oxygen atoms in total. The number of imidazole rings is 1. The Hall–Kier alpha value is -3.00. The van der Waals surface area contributed by atoms with Crippen molar-refractivity contribution in [3.8, 4) is 0 Å². The van der Waals surface area contributed by atoms with Gasteiger partial charge in [-0.15, -0.1) is 0 Å². The predicted octanol–water partition coefficient (Wildman–Crippen LogP) is 3.05. The lowest BCUT2D eigenvalue weighted by Crippen LogP contribution is -2.31. The van der Waals surface area contributed by atoms with Crippen LogP contribution in [0.2, 0.25) is 0 Å². The third-order valence-corrected chi connectivity index (χ3v) is 5.20. The lowest BCUT2D eigenvalue weighted by Gasteiger charge is -2.05. The maximum absolute atomic E-state index is 10.5. The van der Waals surface area contributed by atoms with E-state index in [-0.39, 0.29) is 4.90 Å². The van der Waals surface area contributed by atoms with Crippen molar-refractivity contribution in [2.45, 2.75) is 24.4 Å². The number of rotatable bonds is 8. The van der Waals surface area contributed by atoms with Gasteiger partial charge in [0.1, 0.15) is 29.1 Å². The first-order valence-electron chi connectivity index (χ1n) is 9.50. The minimum Gasteiger partial charge on any atom is -0.744 e. The predicted molar refractivity (Wildman–Crippen MR) is 118 cm³/mol. The van der Waals surface area contributed by atoms with Gasteiger partial charge >= 0.3 is 0 Å². The Kier molecular flexibility index (Phi) is 8.73. The van der Waals surface area contributed by atoms with Gasteiger partial charge in [-0.25, -0.2) is 17.6 Å². The number of aromatic nitrogens is 2. The fourth-order valence-corrected chi connectivity index (χ4v) is 3.15. The minimum atomic E-state index is -4.31. The summed E-state index contributed by atoms with van der Waals surface area (Å²) in [6.07, 6.45) is 10.8. The molecule has 1 heterocycles. The largest absolute Gasteiger partial charge is 0.744 e. The van der Waals surface area contributed by atoms with Crippen molar-refractivity contribution in [3.05, 3.63) is 97.1 Å². The summed E-state index contributed by atoms with van der Waals surface area (Å²) in [4.78, 5) is -0.215. The summed E-state index contributed by atoms with van der Waals surface area (Å²) in [5.74, 6) is 0. The SMILES string of the molecule is C=Cc1ccc(C[n+]2ccn(CCCN)c2)cc1.C=Cc1ccc(S(=O)(=O)[O-])cc1. The van der Waals surface area contributed by atoms with Crippen LogP contribution in [0.4, 0.5) is 0 Å². The first-order valence-corrected chi connectivity index (χ1v) is 10.9. The monoisotopic (exact) mass is 425 g/mol. The molecule has 0 aliphatic carbocycles. The number of hydrogen-bond acceptors (Lipinski definition) is 4. The molecule has 0 amide bonds. The Morgan fingerprint density at radius 3 is 2.07 bits per heavy atom. The van der Waals surface area contributed by atoms with Gasteiger partial charge < -0.3 is 10.3 Å². The lowest BCUT2D eigenvalue weighted by atomic mass is 10.1. The van der Waals surface area contributed by atoms with Crippen LogP contribution in [-0.4, -0.2) is 24.1 Å². The van der Waals surface area contributed by atoms with Crippen LogP contribution in [0.3, 0.4) is 0 Å². The molecule has 0 radical (unpaired) electrons. The van der Waals surface area contributed by atoms with E-state index < -0.39 is 10.1 Å². The van der Waals surface area contributed by atoms with Crippen molar-refractivity contribution in [3.63, 3.8) is 0 Å². The molecule has 2 N–H and O–H groups in total. The Balaban J connectivity index is 0.000000232. The fraction of sp³-hybridized carbons (Fsp3) is 0.174. The summed E-state index contributed by atoms with van der Waals surface area (Å²) in [5, 5.41) is 0. The molecule has 0 aliphatic heterocycles. The quantitative estimate of drug-likeness (QED) is 0.443. The highest BCUT2D eigenvalue weighted by Gasteiger charge is 2.04. The average Bonchev–Trinajstić information content (AvgIpc) is 3.20. The zero-order valence-corrected chi connectivity index (χ0v) is 17.7. The van der Waals surface area contributed by atoms with Crippen molar-refractivity contribution >= 4 is 22.3 Å². The van der Waals surface area contributed by atoms with Gasteiger partial charge in [0.2, 0.25) is 6.33 Å². The van der Waals surface area contributed by atoms with Crippen molar-refractivity contribution in [2.75, 3.05) is 6.54 Å². The fourth-order valence-electron chi connectivity index (χ4n) is 2.68. The van der Waals surface area contributed by atoms with Gasteiger partial charge in [0.15, 0.2) is 0 Å². The van der Waals surface area contributed by atoms with Gasteiger partial charge in [-0.1, -0.05) is 61.7 Å². The van der Waals surface area contributed by atoms with Gasteiger partial charge in [0.05, 0.1) is 11.4 Å². The second kappa shape index (κ2) is 11.3. The molecular weight excluding hydrogens is 398 g/mol. The molecule has 0 saturated carbocycles. The molecule has 3 aromatic rings. The smallest absolute Gasteiger partial charge is 0.244 e. The van der Waals surface area contributed by atoms with Crippen LogP contribution < -0.4 is 10.3 Å². The van der Waals surface area contributed by atoms with E-state index in [4.69, 9.17) is 5.73 Å². The Morgan fingerprint density at radius 1 is 1.00 bits per heavy atom. The van der Waals surface area contributed by atoms with E-state index in [1.807, 2.05) is 6.08 Å². The van der Waals surface area contributed by atoms with Crippen LogP contribution >= 0.6 is 0 Å². The standard InChI is InChI=1S/C15H20N3.C8H8O3S/c1-2-14-4-6-15(7-5-14)12-18-11-10-17(13-18)9-3-8-16;1-2-7-3-5-8(6-4-7)12(9,10)11/h2,4-7,10-11,13H,1,3,8-9,12,16H2;2-6H,1H2,(H,9,10,11)/q+1;/p-1. The van der Waals surface area contributed by atoms with Gasteiger partial charge in [-0.2, -0.15) is 0 Å². The van der Waals surface area contributed by atoms with E-state index >= 15 is 0 Å². The molecule has 0 atom stereocenters. The third-order valence-electron chi connectivity index (χ3n) is 4.35. The van der Waals surface area contributed by atoms with E-state index in [1.165, 1.54) is 29.8 Å². The molecule has 30 heavy (non-hydrogen) atoms. The molecular formula is C23H27N3O3S. The van der Waals surface area contributed by atoms with Gasteiger partial charge in [-0.05, 0) is 41.8 Å². The molecule has 158 valence electrons. The second-order valence-electron chi connectivity index (χ2n) is 6.64. The number of nitrogens with two attached hydrogens (primary N) is 1. The Labute approximate surface area is 178 Å². The number of nitrogens with zero attached hydrogens (tertiary/aromatic N) is 2. The van der Waals surface area contributed by atoms with Crippen LogP contribution in [0.1, 0.15) is 23.1 Å². The number of hydrogen-bond donors (Lipinski definition) is 1. The zero-order chi connectivity index (χ0) is 22.0. The normalized spacial score (nSPS) is 10.7. The molecule has 0 aliphatic rings. The zero-order valence-electron chi connectivity index (χ0n) is 16.9. The molecule has 3 rings (SSSR count). The van der Waals surface area contributed by atoms with Crippen LogP contribution in [0, 0.1) is 0 Å². The third kappa shape index (κ3) is 7.44. The number of benzene rings is 2. The molecule has 0 unspecified atom stereocenters. The summed E-state index contributed by atoms with van der Waals surface area (Å²) in [5.41, 5.74) is 8.74. The first kappa shape index (κ1) is 23.3. The maximum Gasteiger partial charge on any atom is 0.244 e. The van der Waals surface area contributed by atoms with Gasteiger partial charge in [0, 0.05) is 0 Å². The minimum absolute atomic E-state index is 0.215. The van der Waals surface area contributed by atoms with Gasteiger partial charge in [-0.3, -0.25) is 0 Å².